The lowest BCUT2D eigenvalue weighted by Crippen LogP contribution is -2.76. The molecule has 3 amide bonds. The van der Waals surface area contributed by atoms with Gasteiger partial charge in [0.25, 0.3) is 5.91 Å². The number of aliphatic imine (C=N–C) groups is 1. The predicted octanol–water partition coefficient (Wildman–Crippen LogP) is 5.76. The quantitative estimate of drug-likeness (QED) is 0.206. The number of nitrogens with zero attached hydrogens (tertiary/aromatic N) is 4. The highest BCUT2D eigenvalue weighted by molar-refractivity contribution is 7.88. The highest BCUT2D eigenvalue weighted by Gasteiger charge is 2.55. The summed E-state index contributed by atoms with van der Waals surface area (Å²) in [4.78, 5) is 51.5. The molecule has 2 aromatic carbocycles. The molecule has 13 nitrogen and oxygen atoms in total. The molecule has 302 valence electrons. The van der Waals surface area contributed by atoms with Crippen LogP contribution in [0, 0.1) is 6.92 Å². The van der Waals surface area contributed by atoms with Crippen LogP contribution in [-0.2, 0) is 30.4 Å². The van der Waals surface area contributed by atoms with Gasteiger partial charge in [-0.1, -0.05) is 53.7 Å². The Morgan fingerprint density at radius 3 is 2.39 bits per heavy atom. The van der Waals surface area contributed by atoms with Crippen LogP contribution in [0.3, 0.4) is 0 Å². The second-order valence-electron chi connectivity index (χ2n) is 16.0. The third-order valence-corrected chi connectivity index (χ3v) is 12.1. The average molecular weight is 788 g/mol. The fourth-order valence-corrected chi connectivity index (χ4v) is 7.62. The molecule has 2 aliphatic heterocycles. The topological polar surface area (TPSA) is 153 Å². The molecule has 3 aliphatic rings. The van der Waals surface area contributed by atoms with Crippen LogP contribution >= 0.6 is 0 Å². The normalized spacial score (nSPS) is 19.7. The molecule has 2 atom stereocenters. The van der Waals surface area contributed by atoms with Crippen molar-refractivity contribution >= 4 is 45.5 Å². The Balaban J connectivity index is 1.52. The predicted molar refractivity (Wildman–Crippen MR) is 222 cm³/mol. The van der Waals surface area contributed by atoms with Crippen molar-refractivity contribution in [1.29, 1.82) is 0 Å². The molecule has 1 aliphatic carbocycles. The molecule has 2 unspecified atom stereocenters. The average Bonchev–Trinajstić information content (AvgIpc) is 3.14. The summed E-state index contributed by atoms with van der Waals surface area (Å²) >= 11 is 0. The zero-order valence-corrected chi connectivity index (χ0v) is 35.1. The lowest BCUT2D eigenvalue weighted by atomic mass is 9.76. The molecule has 0 aromatic heterocycles. The number of urea groups is 1. The molecule has 1 spiro atoms. The monoisotopic (exact) mass is 787 g/mol. The number of ether oxygens (including phenoxy) is 1. The van der Waals surface area contributed by atoms with Crippen molar-refractivity contribution in [2.75, 3.05) is 42.3 Å². The van der Waals surface area contributed by atoms with Crippen molar-refractivity contribution in [2.24, 2.45) is 4.99 Å². The van der Waals surface area contributed by atoms with Gasteiger partial charge in [-0.25, -0.2) is 22.9 Å². The van der Waals surface area contributed by atoms with Gasteiger partial charge in [-0.05, 0) is 97.6 Å². The molecular weight excluding hydrogens is 731 g/mol. The van der Waals surface area contributed by atoms with Crippen molar-refractivity contribution in [3.05, 3.63) is 88.8 Å². The highest BCUT2D eigenvalue weighted by Crippen LogP contribution is 2.43. The van der Waals surface area contributed by atoms with Crippen LogP contribution in [-0.4, -0.2) is 81.7 Å². The van der Waals surface area contributed by atoms with Gasteiger partial charge in [0.1, 0.15) is 11.9 Å². The van der Waals surface area contributed by atoms with Crippen molar-refractivity contribution in [1.82, 2.24) is 20.3 Å². The van der Waals surface area contributed by atoms with Crippen LogP contribution in [0.5, 0.6) is 5.75 Å². The summed E-state index contributed by atoms with van der Waals surface area (Å²) in [5, 5.41) is 6.01. The molecule has 14 heteroatoms. The molecule has 5 rings (SSSR count). The summed E-state index contributed by atoms with van der Waals surface area (Å²) in [5.74, 6) is -0.207. The van der Waals surface area contributed by atoms with E-state index in [-0.39, 0.29) is 35.5 Å². The van der Waals surface area contributed by atoms with E-state index in [2.05, 4.69) is 74.0 Å². The maximum atomic E-state index is 14.4. The van der Waals surface area contributed by atoms with Gasteiger partial charge in [-0.2, -0.15) is 0 Å². The number of nitrogens with one attached hydrogen (secondary N) is 3. The van der Waals surface area contributed by atoms with E-state index >= 15 is 0 Å². The second kappa shape index (κ2) is 16.3. The molecule has 0 radical (unpaired) electrons. The molecule has 3 N–H and O–H groups in total. The number of sulfonamides is 1. The Morgan fingerprint density at radius 2 is 1.75 bits per heavy atom. The van der Waals surface area contributed by atoms with Gasteiger partial charge in [-0.3, -0.25) is 14.5 Å². The third-order valence-electron chi connectivity index (χ3n) is 11.3. The summed E-state index contributed by atoms with van der Waals surface area (Å²) in [6.07, 6.45) is 10.3. The number of aryl methyl sites for hydroxylation is 1. The molecule has 2 heterocycles. The van der Waals surface area contributed by atoms with Crippen molar-refractivity contribution in [3.63, 3.8) is 0 Å². The van der Waals surface area contributed by atoms with Gasteiger partial charge in [0.05, 0.1) is 24.0 Å². The molecule has 1 fully saturated rings. The number of anilines is 2. The Morgan fingerprint density at radius 1 is 1.04 bits per heavy atom. The van der Waals surface area contributed by atoms with E-state index in [9.17, 15) is 22.8 Å². The number of ketones is 1. The Kier molecular flexibility index (Phi) is 12.3. The van der Waals surface area contributed by atoms with E-state index in [1.54, 1.807) is 36.5 Å². The summed E-state index contributed by atoms with van der Waals surface area (Å²) in [5.41, 5.74) is 3.06. The van der Waals surface area contributed by atoms with E-state index in [0.717, 1.165) is 35.9 Å². The van der Waals surface area contributed by atoms with E-state index in [1.165, 1.54) is 16.5 Å². The number of amides is 3. The minimum atomic E-state index is -3.35. The lowest BCUT2D eigenvalue weighted by Gasteiger charge is -2.56. The second-order valence-corrected chi connectivity index (χ2v) is 17.8. The van der Waals surface area contributed by atoms with Crippen LogP contribution in [0.25, 0.3) is 0 Å². The number of likely N-dealkylation sites (N-methyl/N-ethyl adjacent to an activating group) is 1. The Labute approximate surface area is 332 Å². The SMILES string of the molecule is CCN(CCNS(C)(=O)=O)c1ccc(N2C(=O)NC3C=CN=CN3C23C=C(C)C(=O)C=C3NC(=O)COc2ccc(C(C)(C)CC)cc2C(C)(C)CC)c(C)c1. The van der Waals surface area contributed by atoms with Gasteiger partial charge in [0.2, 0.25) is 10.0 Å². The van der Waals surface area contributed by atoms with Gasteiger partial charge < -0.3 is 25.2 Å². The molecule has 56 heavy (non-hydrogen) atoms. The number of hydrogen-bond acceptors (Lipinski definition) is 9. The first-order valence-corrected chi connectivity index (χ1v) is 21.1. The number of hydrogen-bond donors (Lipinski definition) is 3. The fraction of sp³-hybridized carbons (Fsp3) is 0.476. The van der Waals surface area contributed by atoms with Crippen molar-refractivity contribution in [2.45, 2.75) is 97.8 Å². The molecule has 2 aromatic rings. The first-order chi connectivity index (χ1) is 26.3. The lowest BCUT2D eigenvalue weighted by molar-refractivity contribution is -0.122. The Bertz CT molecular complexity index is 2100. The third kappa shape index (κ3) is 8.56. The number of carbonyl (C=O) groups is 3. The number of benzene rings is 2. The van der Waals surface area contributed by atoms with E-state index in [4.69, 9.17) is 4.74 Å². The molecule has 0 bridgehead atoms. The first-order valence-electron chi connectivity index (χ1n) is 19.2. The van der Waals surface area contributed by atoms with E-state index in [1.807, 2.05) is 43.0 Å². The van der Waals surface area contributed by atoms with E-state index < -0.39 is 33.8 Å². The van der Waals surface area contributed by atoms with Crippen LogP contribution in [0.4, 0.5) is 16.2 Å². The Hall–Kier alpha value is -4.95. The van der Waals surface area contributed by atoms with Crippen LogP contribution in [0.2, 0.25) is 0 Å². The smallest absolute Gasteiger partial charge is 0.326 e. The maximum absolute atomic E-state index is 14.4. The molecular formula is C42H57N7O6S. The largest absolute Gasteiger partial charge is 0.483 e. The zero-order valence-electron chi connectivity index (χ0n) is 34.3. The standard InChI is InChI=1S/C42H57N7O6S/c1-11-40(6,7)30-14-17-35(32(23-30)41(8,9)12-2)55-26-38(51)45-36-24-34(50)29(5)25-42(36)48-27-43-19-18-37(48)46-39(52)49(42)33-16-15-31(22-28(33)4)47(13-3)21-20-44-56(10,53)54/h14-19,22-25,27,37,44H,11-13,20-21,26H2,1-10H3,(H,45,51)(H,46,52). The van der Waals surface area contributed by atoms with Crippen LogP contribution < -0.4 is 29.9 Å². The summed E-state index contributed by atoms with van der Waals surface area (Å²) in [6.45, 7) is 19.5. The highest BCUT2D eigenvalue weighted by atomic mass is 32.2. The minimum absolute atomic E-state index is 0.0387. The van der Waals surface area contributed by atoms with Crippen LogP contribution in [0.1, 0.15) is 84.9 Å². The van der Waals surface area contributed by atoms with Gasteiger partial charge in [0.15, 0.2) is 18.1 Å². The summed E-state index contributed by atoms with van der Waals surface area (Å²) in [7, 11) is -3.35. The molecule has 1 saturated heterocycles. The number of allylic oxidation sites excluding steroid dienone is 2. The number of carbonyl (C=O) groups excluding carboxylic acids is 3. The van der Waals surface area contributed by atoms with Crippen molar-refractivity contribution in [3.8, 4) is 5.75 Å². The number of fused-ring (bicyclic) bond motifs is 2. The first kappa shape index (κ1) is 42.2. The minimum Gasteiger partial charge on any atom is -0.483 e. The molecule has 0 saturated carbocycles. The summed E-state index contributed by atoms with van der Waals surface area (Å²) in [6, 6.07) is 11.3. The maximum Gasteiger partial charge on any atom is 0.326 e. The van der Waals surface area contributed by atoms with Gasteiger partial charge in [-0.15, -0.1) is 0 Å². The van der Waals surface area contributed by atoms with Gasteiger partial charge >= 0.3 is 6.03 Å². The zero-order chi connectivity index (χ0) is 41.2. The summed E-state index contributed by atoms with van der Waals surface area (Å²) < 4.78 is 32.2. The number of rotatable bonds is 15. The van der Waals surface area contributed by atoms with Gasteiger partial charge in [0, 0.05) is 43.2 Å². The van der Waals surface area contributed by atoms with Crippen LogP contribution in [0.15, 0.2) is 77.1 Å². The fourth-order valence-electron chi connectivity index (χ4n) is 7.16. The van der Waals surface area contributed by atoms with E-state index in [0.29, 0.717) is 30.1 Å². The van der Waals surface area contributed by atoms with Crippen molar-refractivity contribution < 1.29 is 27.5 Å².